The van der Waals surface area contributed by atoms with Gasteiger partial charge >= 0.3 is 0 Å². The number of likely N-dealkylation sites (tertiary alicyclic amines) is 1. The maximum Gasteiger partial charge on any atom is 0.271 e. The van der Waals surface area contributed by atoms with Gasteiger partial charge in [-0.3, -0.25) is 14.4 Å². The second kappa shape index (κ2) is 8.68. The van der Waals surface area contributed by atoms with Gasteiger partial charge in [-0.1, -0.05) is 24.3 Å². The fourth-order valence-corrected chi connectivity index (χ4v) is 4.85. The number of nitrogens with zero attached hydrogens (tertiary/aromatic N) is 3. The molecule has 2 aromatic carbocycles. The Morgan fingerprint density at radius 3 is 2.43 bits per heavy atom. The summed E-state index contributed by atoms with van der Waals surface area (Å²) in [5.41, 5.74) is -0.0571. The van der Waals surface area contributed by atoms with Gasteiger partial charge in [-0.25, -0.2) is 8.42 Å². The molecule has 9 heteroatoms. The molecular weight excluding hydrogens is 382 g/mol. The van der Waals surface area contributed by atoms with E-state index in [2.05, 4.69) is 4.90 Å². The lowest BCUT2D eigenvalue weighted by atomic mass is 10.2. The second-order valence-corrected chi connectivity index (χ2v) is 8.65. The first kappa shape index (κ1) is 20.2. The van der Waals surface area contributed by atoms with E-state index >= 15 is 0 Å². The molecule has 0 radical (unpaired) electrons. The molecule has 28 heavy (non-hydrogen) atoms. The van der Waals surface area contributed by atoms with Gasteiger partial charge in [-0.15, -0.1) is 0 Å². The number of nitro benzene ring substituents is 1. The number of non-ortho nitro benzene ring substituents is 1. The molecule has 1 N–H and O–H groups in total. The van der Waals surface area contributed by atoms with Crippen molar-refractivity contribution in [1.82, 2.24) is 4.90 Å². The summed E-state index contributed by atoms with van der Waals surface area (Å²) in [7, 11) is -3.99. The van der Waals surface area contributed by atoms with Gasteiger partial charge in [0, 0.05) is 18.7 Å². The molecule has 0 spiro atoms. The number of anilines is 1. The molecule has 0 aliphatic carbocycles. The summed E-state index contributed by atoms with van der Waals surface area (Å²) in [6.45, 7) is 1.92. The third-order valence-electron chi connectivity index (χ3n) is 4.70. The van der Waals surface area contributed by atoms with Gasteiger partial charge in [0.15, 0.2) is 0 Å². The van der Waals surface area contributed by atoms with Crippen LogP contribution < -0.4 is 4.31 Å². The Hall–Kier alpha value is -2.49. The Kier molecular flexibility index (Phi) is 6.28. The van der Waals surface area contributed by atoms with E-state index in [1.807, 2.05) is 0 Å². The minimum Gasteiger partial charge on any atom is -0.390 e. The van der Waals surface area contributed by atoms with Crippen LogP contribution in [0.15, 0.2) is 59.5 Å². The summed E-state index contributed by atoms with van der Waals surface area (Å²) in [5.74, 6) is 0. The molecule has 8 nitrogen and oxygen atoms in total. The van der Waals surface area contributed by atoms with E-state index in [1.165, 1.54) is 36.4 Å². The monoisotopic (exact) mass is 405 g/mol. The molecular formula is C19H23N3O5S. The highest BCUT2D eigenvalue weighted by molar-refractivity contribution is 7.92. The number of rotatable bonds is 8. The van der Waals surface area contributed by atoms with Crippen molar-refractivity contribution in [2.75, 3.05) is 30.5 Å². The molecule has 3 rings (SSSR count). The Balaban J connectivity index is 1.93. The molecule has 1 aliphatic rings. The van der Waals surface area contributed by atoms with Crippen molar-refractivity contribution in [3.05, 3.63) is 64.7 Å². The van der Waals surface area contributed by atoms with Gasteiger partial charge in [-0.05, 0) is 44.1 Å². The van der Waals surface area contributed by atoms with Crippen LogP contribution in [0.1, 0.15) is 12.8 Å². The van der Waals surface area contributed by atoms with Gasteiger partial charge in [0.05, 0.1) is 28.2 Å². The number of aliphatic hydroxyl groups is 1. The number of β-amino-alcohol motifs (C(OH)–C–C–N with tert-alkyl or cyclic N) is 1. The van der Waals surface area contributed by atoms with Crippen LogP contribution in [0, 0.1) is 10.1 Å². The first-order valence-electron chi connectivity index (χ1n) is 9.10. The zero-order valence-corrected chi connectivity index (χ0v) is 16.2. The van der Waals surface area contributed by atoms with Crippen LogP contribution in [0.2, 0.25) is 0 Å². The number of benzene rings is 2. The maximum absolute atomic E-state index is 13.2. The molecule has 0 saturated carbocycles. The van der Waals surface area contributed by atoms with Gasteiger partial charge in [0.25, 0.3) is 15.7 Å². The van der Waals surface area contributed by atoms with E-state index in [0.717, 1.165) is 30.2 Å². The minimum absolute atomic E-state index is 0.0647. The van der Waals surface area contributed by atoms with Crippen LogP contribution in [0.4, 0.5) is 11.4 Å². The first-order valence-corrected chi connectivity index (χ1v) is 10.5. The summed E-state index contributed by atoms with van der Waals surface area (Å²) in [6.07, 6.45) is 1.20. The normalized spacial score (nSPS) is 16.0. The second-order valence-electron chi connectivity index (χ2n) is 6.79. The highest BCUT2D eigenvalue weighted by Crippen LogP contribution is 2.27. The molecule has 0 amide bonds. The quantitative estimate of drug-likeness (QED) is 0.534. The summed E-state index contributed by atoms with van der Waals surface area (Å²) in [4.78, 5) is 12.7. The van der Waals surface area contributed by atoms with Crippen molar-refractivity contribution in [2.24, 2.45) is 0 Å². The molecule has 0 aromatic heterocycles. The first-order chi connectivity index (χ1) is 13.4. The van der Waals surface area contributed by atoms with Crippen molar-refractivity contribution in [3.63, 3.8) is 0 Å². The molecule has 150 valence electrons. The maximum atomic E-state index is 13.2. The summed E-state index contributed by atoms with van der Waals surface area (Å²) in [6, 6.07) is 13.3. The van der Waals surface area contributed by atoms with Crippen molar-refractivity contribution in [3.8, 4) is 0 Å². The van der Waals surface area contributed by atoms with Crippen molar-refractivity contribution in [1.29, 1.82) is 0 Å². The van der Waals surface area contributed by atoms with Crippen molar-refractivity contribution in [2.45, 2.75) is 23.8 Å². The van der Waals surface area contributed by atoms with Crippen LogP contribution in [-0.2, 0) is 10.0 Å². The smallest absolute Gasteiger partial charge is 0.271 e. The van der Waals surface area contributed by atoms with Crippen LogP contribution in [-0.4, -0.2) is 55.6 Å². The van der Waals surface area contributed by atoms with Crippen LogP contribution >= 0.6 is 0 Å². The molecule has 1 atom stereocenters. The van der Waals surface area contributed by atoms with E-state index in [0.29, 0.717) is 6.54 Å². The average molecular weight is 405 g/mol. The number of hydrogen-bond acceptors (Lipinski definition) is 6. The van der Waals surface area contributed by atoms with E-state index in [4.69, 9.17) is 0 Å². The lowest BCUT2D eigenvalue weighted by molar-refractivity contribution is -0.384. The van der Waals surface area contributed by atoms with Gasteiger partial charge < -0.3 is 10.0 Å². The molecule has 1 aliphatic heterocycles. The van der Waals surface area contributed by atoms with Crippen molar-refractivity contribution < 1.29 is 18.4 Å². The van der Waals surface area contributed by atoms with E-state index < -0.39 is 21.1 Å². The van der Waals surface area contributed by atoms with Gasteiger partial charge in [-0.2, -0.15) is 0 Å². The van der Waals surface area contributed by atoms with Gasteiger partial charge in [0.1, 0.15) is 0 Å². The Morgan fingerprint density at radius 2 is 1.79 bits per heavy atom. The van der Waals surface area contributed by atoms with Crippen LogP contribution in [0.25, 0.3) is 0 Å². The Bertz CT molecular complexity index is 914. The SMILES string of the molecule is O=[N+]([O-])c1cccc(N(C[C@@H](O)CN2CCCC2)S(=O)(=O)c2ccccc2)c1. The molecule has 0 unspecified atom stereocenters. The Morgan fingerprint density at radius 1 is 1.11 bits per heavy atom. The van der Waals surface area contributed by atoms with E-state index in [1.54, 1.807) is 18.2 Å². The fraction of sp³-hybridized carbons (Fsp3) is 0.368. The van der Waals surface area contributed by atoms with Crippen molar-refractivity contribution >= 4 is 21.4 Å². The van der Waals surface area contributed by atoms with Crippen LogP contribution in [0.3, 0.4) is 0 Å². The minimum atomic E-state index is -3.99. The van der Waals surface area contributed by atoms with Gasteiger partial charge in [0.2, 0.25) is 0 Å². The molecule has 2 aromatic rings. The molecule has 1 heterocycles. The molecule has 1 saturated heterocycles. The predicted octanol–water partition coefficient (Wildman–Crippen LogP) is 2.25. The zero-order chi connectivity index (χ0) is 20.1. The number of hydrogen-bond donors (Lipinski definition) is 1. The highest BCUT2D eigenvalue weighted by Gasteiger charge is 2.29. The number of aliphatic hydroxyl groups excluding tert-OH is 1. The third-order valence-corrected chi connectivity index (χ3v) is 6.51. The number of sulfonamides is 1. The standard InChI is InChI=1S/C19H23N3O5S/c23-18(14-20-11-4-5-12-20)15-21(16-7-6-8-17(13-16)22(24)25)28(26,27)19-9-2-1-3-10-19/h1-3,6-10,13,18,23H,4-5,11-12,14-15H2/t18-/m0/s1. The topological polar surface area (TPSA) is 104 Å². The Labute approximate surface area is 164 Å². The lowest BCUT2D eigenvalue weighted by Gasteiger charge is -2.28. The molecule has 1 fully saturated rings. The van der Waals surface area contributed by atoms with E-state index in [-0.39, 0.29) is 22.8 Å². The highest BCUT2D eigenvalue weighted by atomic mass is 32.2. The van der Waals surface area contributed by atoms with Crippen LogP contribution in [0.5, 0.6) is 0 Å². The summed E-state index contributed by atoms with van der Waals surface area (Å²) >= 11 is 0. The third kappa shape index (κ3) is 4.67. The summed E-state index contributed by atoms with van der Waals surface area (Å²) in [5, 5.41) is 21.7. The van der Waals surface area contributed by atoms with E-state index in [9.17, 15) is 23.6 Å². The fourth-order valence-electron chi connectivity index (χ4n) is 3.34. The predicted molar refractivity (Wildman–Crippen MR) is 106 cm³/mol. The zero-order valence-electron chi connectivity index (χ0n) is 15.3. The lowest BCUT2D eigenvalue weighted by Crippen LogP contribution is -2.42. The number of nitro groups is 1. The largest absolute Gasteiger partial charge is 0.390 e. The summed E-state index contributed by atoms with van der Waals surface area (Å²) < 4.78 is 27.5. The average Bonchev–Trinajstić information content (AvgIpc) is 3.19. The molecule has 0 bridgehead atoms.